The molecule has 1 aliphatic rings. The molecule has 0 N–H and O–H groups in total. The Morgan fingerprint density at radius 2 is 2.27 bits per heavy atom. The van der Waals surface area contributed by atoms with Crippen LogP contribution < -0.4 is 10.3 Å². The predicted molar refractivity (Wildman–Crippen MR) is 37.3 cm³/mol. The van der Waals surface area contributed by atoms with E-state index in [1.165, 1.54) is 24.5 Å². The zero-order valence-corrected chi connectivity index (χ0v) is 5.49. The second kappa shape index (κ2) is 2.23. The normalized spacial score (nSPS) is 13.2. The monoisotopic (exact) mass is 151 g/mol. The summed E-state index contributed by atoms with van der Waals surface area (Å²) in [6, 6.07) is 4.11. The fraction of sp³-hybridized carbons (Fsp3) is 0. The van der Waals surface area contributed by atoms with Crippen LogP contribution in [0.3, 0.4) is 0 Å². The molecule has 0 spiro atoms. The van der Waals surface area contributed by atoms with Gasteiger partial charge in [0.05, 0.1) is 0 Å². The van der Waals surface area contributed by atoms with Gasteiger partial charge in [0.2, 0.25) is 0 Å². The van der Waals surface area contributed by atoms with Crippen molar-refractivity contribution in [2.45, 2.75) is 0 Å². The fourth-order valence-electron chi connectivity index (χ4n) is 0.834. The van der Waals surface area contributed by atoms with Crippen LogP contribution in [0.5, 0.6) is 5.75 Å². The Morgan fingerprint density at radius 1 is 1.36 bits per heavy atom. The minimum absolute atomic E-state index is 0.351. The topological polar surface area (TPSA) is 35.7 Å². The molecule has 1 aromatic rings. The SMILES string of the molecule is Fc1ccc2c(c1)O[N]C=N2. The van der Waals surface area contributed by atoms with Crippen molar-refractivity contribution in [2.75, 3.05) is 0 Å². The molecule has 0 unspecified atom stereocenters. The van der Waals surface area contributed by atoms with Crippen LogP contribution in [0, 0.1) is 5.82 Å². The highest BCUT2D eigenvalue weighted by atomic mass is 19.1. The van der Waals surface area contributed by atoms with E-state index in [4.69, 9.17) is 4.84 Å². The van der Waals surface area contributed by atoms with E-state index in [2.05, 4.69) is 10.5 Å². The summed E-state index contributed by atoms with van der Waals surface area (Å²) < 4.78 is 12.5. The number of benzene rings is 1. The van der Waals surface area contributed by atoms with E-state index < -0.39 is 0 Å². The van der Waals surface area contributed by atoms with Crippen molar-refractivity contribution in [2.24, 2.45) is 4.99 Å². The van der Waals surface area contributed by atoms with Crippen molar-refractivity contribution < 1.29 is 9.23 Å². The van der Waals surface area contributed by atoms with Crippen LogP contribution in [0.4, 0.5) is 10.1 Å². The maximum absolute atomic E-state index is 12.5. The maximum atomic E-state index is 12.5. The number of rotatable bonds is 0. The lowest BCUT2D eigenvalue weighted by atomic mass is 10.3. The highest BCUT2D eigenvalue weighted by molar-refractivity contribution is 5.66. The molecule has 0 fully saturated rings. The van der Waals surface area contributed by atoms with Crippen molar-refractivity contribution in [3.8, 4) is 5.75 Å². The summed E-state index contributed by atoms with van der Waals surface area (Å²) in [5, 5.41) is 0. The average Bonchev–Trinajstić information content (AvgIpc) is 2.04. The lowest BCUT2D eigenvalue weighted by Gasteiger charge is -2.07. The molecule has 2 rings (SSSR count). The molecule has 0 saturated carbocycles. The standard InChI is InChI=1S/C7H4FN2O/c8-5-1-2-6-7(3-5)11-10-4-9-6/h1-4H. The highest BCUT2D eigenvalue weighted by Gasteiger charge is 2.07. The van der Waals surface area contributed by atoms with Crippen LogP contribution >= 0.6 is 0 Å². The van der Waals surface area contributed by atoms with Gasteiger partial charge in [-0.3, -0.25) is 0 Å². The molecule has 0 aromatic heterocycles. The van der Waals surface area contributed by atoms with Crippen LogP contribution in [0.1, 0.15) is 0 Å². The molecular formula is C7H4FN2O. The molecule has 0 amide bonds. The first-order valence-corrected chi connectivity index (χ1v) is 3.05. The summed E-state index contributed by atoms with van der Waals surface area (Å²) in [6.07, 6.45) is 1.28. The number of aliphatic imine (C=N–C) groups is 1. The van der Waals surface area contributed by atoms with Crippen LogP contribution in [0.2, 0.25) is 0 Å². The first-order valence-electron chi connectivity index (χ1n) is 3.05. The van der Waals surface area contributed by atoms with Crippen LogP contribution in [0.15, 0.2) is 23.2 Å². The Bertz CT molecular complexity index is 311. The van der Waals surface area contributed by atoms with Gasteiger partial charge in [-0.15, -0.1) is 0 Å². The average molecular weight is 151 g/mol. The van der Waals surface area contributed by atoms with Crippen molar-refractivity contribution in [3.63, 3.8) is 0 Å². The summed E-state index contributed by atoms with van der Waals surface area (Å²) in [5.74, 6) is 0.00329. The smallest absolute Gasteiger partial charge is 0.186 e. The summed E-state index contributed by atoms with van der Waals surface area (Å²) in [5.41, 5.74) is 4.00. The largest absolute Gasteiger partial charge is 0.353 e. The van der Waals surface area contributed by atoms with E-state index >= 15 is 0 Å². The molecule has 0 atom stereocenters. The zero-order chi connectivity index (χ0) is 7.68. The van der Waals surface area contributed by atoms with Gasteiger partial charge in [-0.1, -0.05) is 5.48 Å². The minimum atomic E-state index is -0.351. The number of hydroxylamine groups is 1. The third-order valence-corrected chi connectivity index (χ3v) is 1.32. The van der Waals surface area contributed by atoms with Gasteiger partial charge in [0.15, 0.2) is 12.1 Å². The fourth-order valence-corrected chi connectivity index (χ4v) is 0.834. The Morgan fingerprint density at radius 3 is 3.18 bits per heavy atom. The zero-order valence-electron chi connectivity index (χ0n) is 5.49. The van der Waals surface area contributed by atoms with Gasteiger partial charge < -0.3 is 4.84 Å². The first-order chi connectivity index (χ1) is 5.36. The molecule has 1 heterocycles. The Kier molecular flexibility index (Phi) is 1.25. The lowest BCUT2D eigenvalue weighted by molar-refractivity contribution is 0.253. The van der Waals surface area contributed by atoms with Gasteiger partial charge in [0.1, 0.15) is 11.5 Å². The summed E-state index contributed by atoms with van der Waals surface area (Å²) in [4.78, 5) is 8.59. The molecular weight excluding hydrogens is 147 g/mol. The highest BCUT2D eigenvalue weighted by Crippen LogP contribution is 2.28. The van der Waals surface area contributed by atoms with Gasteiger partial charge in [-0.25, -0.2) is 9.38 Å². The Hall–Kier alpha value is -1.58. The third kappa shape index (κ3) is 1.02. The van der Waals surface area contributed by atoms with E-state index in [1.807, 2.05) is 0 Å². The Balaban J connectivity index is 2.53. The summed E-state index contributed by atoms with van der Waals surface area (Å²) >= 11 is 0. The number of hydrogen-bond donors (Lipinski definition) is 0. The van der Waals surface area contributed by atoms with Gasteiger partial charge in [0, 0.05) is 6.07 Å². The molecule has 55 valence electrons. The number of nitrogens with zero attached hydrogens (tertiary/aromatic N) is 2. The van der Waals surface area contributed by atoms with Crippen molar-refractivity contribution in [3.05, 3.63) is 24.0 Å². The van der Waals surface area contributed by atoms with Crippen LogP contribution in [-0.2, 0) is 0 Å². The summed E-state index contributed by atoms with van der Waals surface area (Å²) in [7, 11) is 0. The van der Waals surface area contributed by atoms with Gasteiger partial charge in [-0.05, 0) is 12.1 Å². The molecule has 1 aromatic carbocycles. The minimum Gasteiger partial charge on any atom is -0.353 e. The van der Waals surface area contributed by atoms with Crippen LogP contribution in [-0.4, -0.2) is 6.34 Å². The lowest BCUT2D eigenvalue weighted by Crippen LogP contribution is -2.10. The third-order valence-electron chi connectivity index (χ3n) is 1.32. The maximum Gasteiger partial charge on any atom is 0.186 e. The molecule has 11 heavy (non-hydrogen) atoms. The molecule has 0 bridgehead atoms. The van der Waals surface area contributed by atoms with E-state index in [-0.39, 0.29) is 5.82 Å². The van der Waals surface area contributed by atoms with Crippen molar-refractivity contribution in [1.82, 2.24) is 5.48 Å². The predicted octanol–water partition coefficient (Wildman–Crippen LogP) is 1.40. The van der Waals surface area contributed by atoms with Gasteiger partial charge in [-0.2, -0.15) is 0 Å². The number of halogens is 1. The Labute approximate surface area is 62.5 Å². The molecule has 1 radical (unpaired) electrons. The van der Waals surface area contributed by atoms with E-state index in [1.54, 1.807) is 0 Å². The van der Waals surface area contributed by atoms with Crippen LogP contribution in [0.25, 0.3) is 0 Å². The van der Waals surface area contributed by atoms with E-state index in [0.29, 0.717) is 11.4 Å². The summed E-state index contributed by atoms with van der Waals surface area (Å²) in [6.45, 7) is 0. The van der Waals surface area contributed by atoms with E-state index in [9.17, 15) is 4.39 Å². The number of fused-ring (bicyclic) bond motifs is 1. The van der Waals surface area contributed by atoms with E-state index in [0.717, 1.165) is 0 Å². The second-order valence-corrected chi connectivity index (χ2v) is 2.05. The first kappa shape index (κ1) is 6.15. The molecule has 3 nitrogen and oxygen atoms in total. The van der Waals surface area contributed by atoms with Gasteiger partial charge in [0.25, 0.3) is 0 Å². The molecule has 4 heteroatoms. The van der Waals surface area contributed by atoms with Gasteiger partial charge >= 0.3 is 0 Å². The molecule has 0 saturated heterocycles. The molecule has 1 aliphatic heterocycles. The number of hydrogen-bond acceptors (Lipinski definition) is 2. The second-order valence-electron chi connectivity index (χ2n) is 2.05. The quantitative estimate of drug-likeness (QED) is 0.552. The van der Waals surface area contributed by atoms with Crippen molar-refractivity contribution >= 4 is 12.0 Å². The van der Waals surface area contributed by atoms with Crippen molar-refractivity contribution in [1.29, 1.82) is 0 Å². The molecule has 0 aliphatic carbocycles.